The first-order valence-corrected chi connectivity index (χ1v) is 7.93. The molecule has 0 spiro atoms. The van der Waals surface area contributed by atoms with Crippen molar-refractivity contribution in [3.05, 3.63) is 0 Å². The summed E-state index contributed by atoms with van der Waals surface area (Å²) in [5.74, 6) is 0.534. The van der Waals surface area contributed by atoms with Crippen molar-refractivity contribution in [3.8, 4) is 0 Å². The highest BCUT2D eigenvalue weighted by atomic mass is 16.2. The number of piperazine rings is 1. The molecule has 0 aromatic heterocycles. The minimum atomic E-state index is -0.263. The molecular weight excluding hydrogens is 238 g/mol. The van der Waals surface area contributed by atoms with Crippen molar-refractivity contribution in [1.29, 1.82) is 0 Å². The molecule has 1 rings (SSSR count). The molecule has 2 unspecified atom stereocenters. The molecule has 112 valence electrons. The van der Waals surface area contributed by atoms with E-state index < -0.39 is 0 Å². The van der Waals surface area contributed by atoms with Gasteiger partial charge >= 0.3 is 6.03 Å². The highest BCUT2D eigenvalue weighted by Crippen LogP contribution is 2.20. The third kappa shape index (κ3) is 5.81. The number of hydrogen-bond acceptors (Lipinski definition) is 2. The van der Waals surface area contributed by atoms with Gasteiger partial charge in [0.15, 0.2) is 0 Å². The number of nitrogens with zero attached hydrogens (tertiary/aromatic N) is 1. The van der Waals surface area contributed by atoms with E-state index in [-0.39, 0.29) is 12.1 Å². The number of rotatable bonds is 8. The van der Waals surface area contributed by atoms with Gasteiger partial charge in [0.05, 0.1) is 0 Å². The van der Waals surface area contributed by atoms with E-state index in [1.165, 1.54) is 44.9 Å². The Balaban J connectivity index is 2.23. The van der Waals surface area contributed by atoms with E-state index in [9.17, 15) is 4.79 Å². The molecule has 0 bridgehead atoms. The van der Waals surface area contributed by atoms with Crippen molar-refractivity contribution in [3.63, 3.8) is 0 Å². The molecule has 4 heteroatoms. The topological polar surface area (TPSA) is 58.4 Å². The highest BCUT2D eigenvalue weighted by molar-refractivity contribution is 5.72. The fourth-order valence-electron chi connectivity index (χ4n) is 2.95. The molecule has 0 aromatic carbocycles. The molecule has 1 saturated heterocycles. The lowest BCUT2D eigenvalue weighted by molar-refractivity contribution is 0.134. The van der Waals surface area contributed by atoms with Crippen LogP contribution < -0.4 is 11.1 Å². The van der Waals surface area contributed by atoms with Gasteiger partial charge in [0.1, 0.15) is 0 Å². The molecule has 0 radical (unpaired) electrons. The van der Waals surface area contributed by atoms with Crippen molar-refractivity contribution >= 4 is 6.03 Å². The number of carbonyl (C=O) groups excluding carboxylic acids is 1. The Morgan fingerprint density at radius 3 is 2.68 bits per heavy atom. The van der Waals surface area contributed by atoms with E-state index in [2.05, 4.69) is 19.2 Å². The van der Waals surface area contributed by atoms with Crippen LogP contribution in [0.3, 0.4) is 0 Å². The Kier molecular flexibility index (Phi) is 7.87. The number of hydrogen-bond donors (Lipinski definition) is 2. The van der Waals surface area contributed by atoms with E-state index in [4.69, 9.17) is 5.73 Å². The van der Waals surface area contributed by atoms with Crippen LogP contribution >= 0.6 is 0 Å². The van der Waals surface area contributed by atoms with E-state index in [1.54, 1.807) is 0 Å². The molecule has 0 aromatic rings. The Hall–Kier alpha value is -0.770. The zero-order chi connectivity index (χ0) is 14.1. The van der Waals surface area contributed by atoms with Crippen LogP contribution in [0.5, 0.6) is 0 Å². The predicted molar refractivity (Wildman–Crippen MR) is 80.1 cm³/mol. The van der Waals surface area contributed by atoms with Gasteiger partial charge in [-0.05, 0) is 12.3 Å². The Morgan fingerprint density at radius 2 is 2.00 bits per heavy atom. The molecular formula is C15H31N3O. The van der Waals surface area contributed by atoms with Gasteiger partial charge in [-0.25, -0.2) is 4.79 Å². The first-order chi connectivity index (χ1) is 9.16. The standard InChI is InChI=1S/C15H31N3O/c1-3-4-5-6-7-8-9-13(2)14-12-17-10-11-18(14)15(16)19/h13-14,17H,3-12H2,1-2H3,(H2,16,19). The fraction of sp³-hybridized carbons (Fsp3) is 0.933. The first-order valence-electron chi connectivity index (χ1n) is 7.93. The predicted octanol–water partition coefficient (Wildman–Crippen LogP) is 2.73. The van der Waals surface area contributed by atoms with Crippen molar-refractivity contribution in [2.75, 3.05) is 19.6 Å². The van der Waals surface area contributed by atoms with Gasteiger partial charge in [0, 0.05) is 25.7 Å². The molecule has 2 amide bonds. The lowest BCUT2D eigenvalue weighted by Gasteiger charge is -2.38. The Labute approximate surface area is 118 Å². The van der Waals surface area contributed by atoms with Crippen LogP contribution in [0.1, 0.15) is 58.8 Å². The van der Waals surface area contributed by atoms with Gasteiger partial charge in [0.2, 0.25) is 0 Å². The zero-order valence-electron chi connectivity index (χ0n) is 12.7. The van der Waals surface area contributed by atoms with Crippen LogP contribution in [0.2, 0.25) is 0 Å². The largest absolute Gasteiger partial charge is 0.351 e. The minimum Gasteiger partial charge on any atom is -0.351 e. The van der Waals surface area contributed by atoms with Crippen molar-refractivity contribution in [2.45, 2.75) is 64.8 Å². The van der Waals surface area contributed by atoms with Crippen LogP contribution in [-0.2, 0) is 0 Å². The second kappa shape index (κ2) is 9.18. The fourth-order valence-corrected chi connectivity index (χ4v) is 2.95. The van der Waals surface area contributed by atoms with E-state index in [0.717, 1.165) is 19.6 Å². The zero-order valence-corrected chi connectivity index (χ0v) is 12.7. The molecule has 0 aliphatic carbocycles. The van der Waals surface area contributed by atoms with E-state index in [0.29, 0.717) is 5.92 Å². The van der Waals surface area contributed by atoms with Gasteiger partial charge in [-0.15, -0.1) is 0 Å². The van der Waals surface area contributed by atoms with Crippen LogP contribution in [0, 0.1) is 5.92 Å². The molecule has 1 aliphatic heterocycles. The number of carbonyl (C=O) groups is 1. The lowest BCUT2D eigenvalue weighted by Crippen LogP contribution is -2.57. The van der Waals surface area contributed by atoms with Crippen molar-refractivity contribution < 1.29 is 4.79 Å². The van der Waals surface area contributed by atoms with Gasteiger partial charge in [0.25, 0.3) is 0 Å². The summed E-state index contributed by atoms with van der Waals surface area (Å²) in [6.07, 6.45) is 9.17. The molecule has 1 heterocycles. The summed E-state index contributed by atoms with van der Waals surface area (Å²) in [4.78, 5) is 13.3. The van der Waals surface area contributed by atoms with Crippen LogP contribution in [0.15, 0.2) is 0 Å². The third-order valence-electron chi connectivity index (χ3n) is 4.24. The molecule has 1 aliphatic rings. The third-order valence-corrected chi connectivity index (χ3v) is 4.24. The second-order valence-corrected chi connectivity index (χ2v) is 5.84. The number of nitrogens with one attached hydrogen (secondary N) is 1. The summed E-state index contributed by atoms with van der Waals surface area (Å²) < 4.78 is 0. The summed E-state index contributed by atoms with van der Waals surface area (Å²) in [6.45, 7) is 7.00. The van der Waals surface area contributed by atoms with Crippen LogP contribution in [0.4, 0.5) is 4.79 Å². The number of unbranched alkanes of at least 4 members (excludes halogenated alkanes) is 5. The normalized spacial score (nSPS) is 21.4. The summed E-state index contributed by atoms with van der Waals surface area (Å²) >= 11 is 0. The number of nitrogens with two attached hydrogens (primary N) is 1. The monoisotopic (exact) mass is 269 g/mol. The SMILES string of the molecule is CCCCCCCCC(C)C1CNCCN1C(N)=O. The molecule has 4 nitrogen and oxygen atoms in total. The molecule has 0 saturated carbocycles. The first kappa shape index (κ1) is 16.3. The molecule has 1 fully saturated rings. The summed E-state index contributed by atoms with van der Waals surface area (Å²) in [6, 6.07) is 0.0168. The van der Waals surface area contributed by atoms with Gasteiger partial charge < -0.3 is 16.0 Å². The molecule has 2 atom stereocenters. The van der Waals surface area contributed by atoms with Crippen molar-refractivity contribution in [2.24, 2.45) is 11.7 Å². The van der Waals surface area contributed by atoms with Crippen LogP contribution in [0.25, 0.3) is 0 Å². The average Bonchev–Trinajstić information content (AvgIpc) is 2.42. The van der Waals surface area contributed by atoms with Gasteiger partial charge in [-0.1, -0.05) is 52.4 Å². The van der Waals surface area contributed by atoms with E-state index >= 15 is 0 Å². The number of urea groups is 1. The molecule has 19 heavy (non-hydrogen) atoms. The summed E-state index contributed by atoms with van der Waals surface area (Å²) in [5, 5.41) is 3.37. The van der Waals surface area contributed by atoms with E-state index in [1.807, 2.05) is 4.90 Å². The molecule has 3 N–H and O–H groups in total. The minimum absolute atomic E-state index is 0.263. The number of primary amides is 1. The number of amides is 2. The maximum absolute atomic E-state index is 11.4. The lowest BCUT2D eigenvalue weighted by atomic mass is 9.92. The smallest absolute Gasteiger partial charge is 0.315 e. The van der Waals surface area contributed by atoms with Crippen LogP contribution in [-0.4, -0.2) is 36.6 Å². The Morgan fingerprint density at radius 1 is 1.32 bits per heavy atom. The second-order valence-electron chi connectivity index (χ2n) is 5.84. The summed E-state index contributed by atoms with van der Waals surface area (Å²) in [5.41, 5.74) is 5.46. The van der Waals surface area contributed by atoms with Crippen molar-refractivity contribution in [1.82, 2.24) is 10.2 Å². The van der Waals surface area contributed by atoms with Gasteiger partial charge in [-0.3, -0.25) is 0 Å². The Bertz CT molecular complexity index is 258. The van der Waals surface area contributed by atoms with Gasteiger partial charge in [-0.2, -0.15) is 0 Å². The quantitative estimate of drug-likeness (QED) is 0.666. The average molecular weight is 269 g/mol. The highest BCUT2D eigenvalue weighted by Gasteiger charge is 2.28. The maximum Gasteiger partial charge on any atom is 0.315 e. The summed E-state index contributed by atoms with van der Waals surface area (Å²) in [7, 11) is 0. The maximum atomic E-state index is 11.4.